The smallest absolute Gasteiger partial charge is 0.191 e. The van der Waals surface area contributed by atoms with E-state index in [0.717, 1.165) is 19.4 Å². The van der Waals surface area contributed by atoms with Crippen LogP contribution >= 0.6 is 0 Å². The van der Waals surface area contributed by atoms with Gasteiger partial charge in [0.15, 0.2) is 5.78 Å². The number of ether oxygens (including phenoxy) is 2. The average molecular weight is 248 g/mol. The van der Waals surface area contributed by atoms with Gasteiger partial charge < -0.3 is 9.47 Å². The fourth-order valence-corrected chi connectivity index (χ4v) is 2.10. The minimum atomic E-state index is -0.405. The van der Waals surface area contributed by atoms with Crippen molar-refractivity contribution in [3.8, 4) is 0 Å². The number of ketones is 1. The molecule has 98 valence electrons. The lowest BCUT2D eigenvalue weighted by molar-refractivity contribution is -0.0526. The summed E-state index contributed by atoms with van der Waals surface area (Å²) in [5, 5.41) is 0. The van der Waals surface area contributed by atoms with Gasteiger partial charge in [-0.05, 0) is 26.2 Å². The SMILES string of the molecule is CC(OCC1CCCCO1)C(=O)c1ccccc1. The standard InChI is InChI=1S/C15H20O3/c1-12(15(16)13-7-3-2-4-8-13)18-11-14-9-5-6-10-17-14/h2-4,7-8,12,14H,5-6,9-11H2,1H3. The molecule has 1 aliphatic rings. The van der Waals surface area contributed by atoms with Gasteiger partial charge >= 0.3 is 0 Å². The van der Waals surface area contributed by atoms with Gasteiger partial charge in [0.05, 0.1) is 12.7 Å². The molecule has 1 heterocycles. The zero-order chi connectivity index (χ0) is 12.8. The van der Waals surface area contributed by atoms with Crippen molar-refractivity contribution in [1.29, 1.82) is 0 Å². The van der Waals surface area contributed by atoms with Crippen molar-refractivity contribution < 1.29 is 14.3 Å². The third-order valence-corrected chi connectivity index (χ3v) is 3.23. The van der Waals surface area contributed by atoms with Crippen LogP contribution in [0.5, 0.6) is 0 Å². The van der Waals surface area contributed by atoms with Crippen molar-refractivity contribution in [2.45, 2.75) is 38.4 Å². The lowest BCUT2D eigenvalue weighted by Crippen LogP contribution is -2.29. The molecule has 0 aliphatic carbocycles. The number of benzene rings is 1. The van der Waals surface area contributed by atoms with Crippen LogP contribution in [0.4, 0.5) is 0 Å². The van der Waals surface area contributed by atoms with E-state index in [-0.39, 0.29) is 11.9 Å². The average Bonchev–Trinajstić information content (AvgIpc) is 2.46. The van der Waals surface area contributed by atoms with E-state index in [1.54, 1.807) is 6.92 Å². The summed E-state index contributed by atoms with van der Waals surface area (Å²) in [5.74, 6) is 0.0337. The van der Waals surface area contributed by atoms with Crippen LogP contribution in [-0.4, -0.2) is 31.2 Å². The quantitative estimate of drug-likeness (QED) is 0.752. The number of Topliss-reactive ketones (excluding diaryl/α,β-unsaturated/α-hetero) is 1. The Hall–Kier alpha value is -1.19. The summed E-state index contributed by atoms with van der Waals surface area (Å²) in [4.78, 5) is 12.1. The van der Waals surface area contributed by atoms with Crippen LogP contribution in [0.3, 0.4) is 0 Å². The molecule has 18 heavy (non-hydrogen) atoms. The summed E-state index contributed by atoms with van der Waals surface area (Å²) < 4.78 is 11.2. The predicted octanol–water partition coefficient (Wildman–Crippen LogP) is 2.84. The Morgan fingerprint density at radius 2 is 2.17 bits per heavy atom. The molecular formula is C15H20O3. The highest BCUT2D eigenvalue weighted by Crippen LogP contribution is 2.14. The Bertz CT molecular complexity index is 369. The molecule has 1 aliphatic heterocycles. The molecule has 2 rings (SSSR count). The molecular weight excluding hydrogens is 228 g/mol. The van der Waals surface area contributed by atoms with E-state index in [4.69, 9.17) is 9.47 Å². The molecule has 0 bridgehead atoms. The second-order valence-electron chi connectivity index (χ2n) is 4.69. The van der Waals surface area contributed by atoms with Crippen molar-refractivity contribution in [2.75, 3.05) is 13.2 Å². The maximum Gasteiger partial charge on any atom is 0.191 e. The molecule has 2 atom stereocenters. The van der Waals surface area contributed by atoms with Gasteiger partial charge in [0.2, 0.25) is 0 Å². The van der Waals surface area contributed by atoms with Crippen molar-refractivity contribution >= 4 is 5.78 Å². The molecule has 3 nitrogen and oxygen atoms in total. The van der Waals surface area contributed by atoms with E-state index in [1.165, 1.54) is 6.42 Å². The van der Waals surface area contributed by atoms with Crippen molar-refractivity contribution in [3.63, 3.8) is 0 Å². The van der Waals surface area contributed by atoms with Gasteiger partial charge in [-0.1, -0.05) is 30.3 Å². The Balaban J connectivity index is 1.80. The number of carbonyl (C=O) groups is 1. The van der Waals surface area contributed by atoms with Crippen LogP contribution in [0.15, 0.2) is 30.3 Å². The highest BCUT2D eigenvalue weighted by atomic mass is 16.5. The fourth-order valence-electron chi connectivity index (χ4n) is 2.10. The molecule has 0 N–H and O–H groups in total. The molecule has 2 unspecified atom stereocenters. The highest BCUT2D eigenvalue weighted by Gasteiger charge is 2.19. The van der Waals surface area contributed by atoms with Gasteiger partial charge in [0, 0.05) is 12.2 Å². The largest absolute Gasteiger partial charge is 0.376 e. The van der Waals surface area contributed by atoms with Crippen LogP contribution in [0.1, 0.15) is 36.5 Å². The maximum absolute atomic E-state index is 12.1. The Kier molecular flexibility index (Phi) is 4.90. The van der Waals surface area contributed by atoms with E-state index in [1.807, 2.05) is 30.3 Å². The monoisotopic (exact) mass is 248 g/mol. The molecule has 3 heteroatoms. The second kappa shape index (κ2) is 6.66. The van der Waals surface area contributed by atoms with Gasteiger partial charge in [-0.25, -0.2) is 0 Å². The predicted molar refractivity (Wildman–Crippen MR) is 69.8 cm³/mol. The van der Waals surface area contributed by atoms with E-state index in [9.17, 15) is 4.79 Å². The first kappa shape index (κ1) is 13.2. The first-order chi connectivity index (χ1) is 8.77. The zero-order valence-corrected chi connectivity index (χ0v) is 10.8. The highest BCUT2D eigenvalue weighted by molar-refractivity contribution is 5.99. The van der Waals surface area contributed by atoms with Crippen LogP contribution in [0.25, 0.3) is 0 Å². The zero-order valence-electron chi connectivity index (χ0n) is 10.8. The van der Waals surface area contributed by atoms with Gasteiger partial charge in [-0.15, -0.1) is 0 Å². The van der Waals surface area contributed by atoms with Gasteiger partial charge in [0.1, 0.15) is 6.10 Å². The lowest BCUT2D eigenvalue weighted by Gasteiger charge is -2.23. The summed E-state index contributed by atoms with van der Waals surface area (Å²) in [6.45, 7) is 3.13. The molecule has 1 saturated heterocycles. The molecule has 0 amide bonds. The van der Waals surface area contributed by atoms with E-state index in [0.29, 0.717) is 12.2 Å². The molecule has 1 aromatic rings. The molecule has 1 aromatic carbocycles. The lowest BCUT2D eigenvalue weighted by atomic mass is 10.1. The van der Waals surface area contributed by atoms with Gasteiger partial charge in [-0.2, -0.15) is 0 Å². The van der Waals surface area contributed by atoms with Gasteiger partial charge in [0.25, 0.3) is 0 Å². The summed E-state index contributed by atoms with van der Waals surface area (Å²) in [7, 11) is 0. The summed E-state index contributed by atoms with van der Waals surface area (Å²) >= 11 is 0. The number of hydrogen-bond acceptors (Lipinski definition) is 3. The minimum absolute atomic E-state index is 0.0337. The van der Waals surface area contributed by atoms with Crippen LogP contribution in [0, 0.1) is 0 Å². The summed E-state index contributed by atoms with van der Waals surface area (Å²) in [5.41, 5.74) is 0.703. The van der Waals surface area contributed by atoms with Crippen LogP contribution < -0.4 is 0 Å². The van der Waals surface area contributed by atoms with Crippen molar-refractivity contribution in [1.82, 2.24) is 0 Å². The first-order valence-corrected chi connectivity index (χ1v) is 6.60. The molecule has 0 aromatic heterocycles. The number of rotatable bonds is 5. The van der Waals surface area contributed by atoms with Crippen molar-refractivity contribution in [3.05, 3.63) is 35.9 Å². The van der Waals surface area contributed by atoms with E-state index in [2.05, 4.69) is 0 Å². The summed E-state index contributed by atoms with van der Waals surface area (Å²) in [6, 6.07) is 9.27. The molecule has 0 spiro atoms. The third kappa shape index (κ3) is 3.65. The summed E-state index contributed by atoms with van der Waals surface area (Å²) in [6.07, 6.45) is 3.11. The van der Waals surface area contributed by atoms with Gasteiger partial charge in [-0.3, -0.25) is 4.79 Å². The molecule has 0 saturated carbocycles. The van der Waals surface area contributed by atoms with Crippen molar-refractivity contribution in [2.24, 2.45) is 0 Å². The van der Waals surface area contributed by atoms with E-state index >= 15 is 0 Å². The number of carbonyl (C=O) groups excluding carboxylic acids is 1. The maximum atomic E-state index is 12.1. The minimum Gasteiger partial charge on any atom is -0.376 e. The van der Waals surface area contributed by atoms with Crippen LogP contribution in [0.2, 0.25) is 0 Å². The van der Waals surface area contributed by atoms with E-state index < -0.39 is 6.10 Å². The first-order valence-electron chi connectivity index (χ1n) is 6.60. The normalized spacial score (nSPS) is 21.5. The van der Waals surface area contributed by atoms with Crippen LogP contribution in [-0.2, 0) is 9.47 Å². The third-order valence-electron chi connectivity index (χ3n) is 3.23. The number of hydrogen-bond donors (Lipinski definition) is 0. The second-order valence-corrected chi connectivity index (χ2v) is 4.69. The molecule has 1 fully saturated rings. The Labute approximate surface area is 108 Å². The Morgan fingerprint density at radius 1 is 1.39 bits per heavy atom. The molecule has 0 radical (unpaired) electrons. The topological polar surface area (TPSA) is 35.5 Å². The fraction of sp³-hybridized carbons (Fsp3) is 0.533. The Morgan fingerprint density at radius 3 is 2.83 bits per heavy atom.